The van der Waals surface area contributed by atoms with Crippen LogP contribution in [0.15, 0.2) is 57.9 Å². The van der Waals surface area contributed by atoms with Crippen molar-refractivity contribution in [3.63, 3.8) is 0 Å². The molecule has 7 nitrogen and oxygen atoms in total. The summed E-state index contributed by atoms with van der Waals surface area (Å²) in [7, 11) is -3.91. The van der Waals surface area contributed by atoms with Gasteiger partial charge in [-0.05, 0) is 48.4 Å². The van der Waals surface area contributed by atoms with E-state index >= 15 is 0 Å². The Morgan fingerprint density at radius 2 is 1.80 bits per heavy atom. The molecule has 0 aliphatic rings. The van der Waals surface area contributed by atoms with Crippen molar-refractivity contribution >= 4 is 43.5 Å². The zero-order valence-electron chi connectivity index (χ0n) is 16.5. The third-order valence-electron chi connectivity index (χ3n) is 4.09. The summed E-state index contributed by atoms with van der Waals surface area (Å²) in [6.07, 6.45) is 5.33. The minimum Gasteiger partial charge on any atom is -0.346 e. The van der Waals surface area contributed by atoms with E-state index in [4.69, 9.17) is 6.42 Å². The molecule has 0 aliphatic carbocycles. The fourth-order valence-corrected chi connectivity index (χ4v) is 4.12. The first-order valence-corrected chi connectivity index (χ1v) is 11.3. The second kappa shape index (κ2) is 10.4. The van der Waals surface area contributed by atoms with E-state index in [1.807, 2.05) is 0 Å². The summed E-state index contributed by atoms with van der Waals surface area (Å²) in [5, 5.41) is 5.10. The highest BCUT2D eigenvalue weighted by Gasteiger charge is 2.28. The quantitative estimate of drug-likeness (QED) is 0.493. The first kappa shape index (κ1) is 23.6. The van der Waals surface area contributed by atoms with Crippen molar-refractivity contribution in [3.8, 4) is 12.3 Å². The number of terminal acetylenes is 1. The summed E-state index contributed by atoms with van der Waals surface area (Å²) in [6, 6.07) is 11.7. The molecule has 0 heterocycles. The molecule has 0 bridgehead atoms. The SMILES string of the molecule is C#Cc1cccc(NC(=O)CNC(=O)[C@@H](NS(=O)(=O)c2ccc(Br)cc2)C(C)C)c1. The minimum absolute atomic E-state index is 0.0373. The number of anilines is 1. The highest BCUT2D eigenvalue weighted by atomic mass is 79.9. The number of halogens is 1. The summed E-state index contributed by atoms with van der Waals surface area (Å²) in [4.78, 5) is 24.7. The van der Waals surface area contributed by atoms with Crippen molar-refractivity contribution in [2.45, 2.75) is 24.8 Å². The third kappa shape index (κ3) is 6.69. The molecule has 0 saturated heterocycles. The zero-order chi connectivity index (χ0) is 22.3. The van der Waals surface area contributed by atoms with Gasteiger partial charge in [0.15, 0.2) is 0 Å². The lowest BCUT2D eigenvalue weighted by Crippen LogP contribution is -2.50. The van der Waals surface area contributed by atoms with E-state index < -0.39 is 27.9 Å². The molecule has 3 N–H and O–H groups in total. The molecule has 2 aromatic rings. The normalized spacial score (nSPS) is 12.1. The number of benzene rings is 2. The Morgan fingerprint density at radius 3 is 2.40 bits per heavy atom. The summed E-state index contributed by atoms with van der Waals surface area (Å²) < 4.78 is 28.3. The Kier molecular flexibility index (Phi) is 8.17. The molecule has 1 atom stereocenters. The molecule has 30 heavy (non-hydrogen) atoms. The van der Waals surface area contributed by atoms with Crippen molar-refractivity contribution < 1.29 is 18.0 Å². The molecule has 0 fully saturated rings. The topological polar surface area (TPSA) is 104 Å². The smallest absolute Gasteiger partial charge is 0.243 e. The lowest BCUT2D eigenvalue weighted by atomic mass is 10.1. The lowest BCUT2D eigenvalue weighted by Gasteiger charge is -2.21. The van der Waals surface area contributed by atoms with Gasteiger partial charge < -0.3 is 10.6 Å². The highest BCUT2D eigenvalue weighted by Crippen LogP contribution is 2.16. The third-order valence-corrected chi connectivity index (χ3v) is 6.08. The van der Waals surface area contributed by atoms with Crippen LogP contribution in [0.2, 0.25) is 0 Å². The van der Waals surface area contributed by atoms with E-state index in [1.54, 1.807) is 50.2 Å². The monoisotopic (exact) mass is 491 g/mol. The second-order valence-electron chi connectivity index (χ2n) is 6.79. The van der Waals surface area contributed by atoms with Crippen molar-refractivity contribution in [2.24, 2.45) is 5.92 Å². The molecule has 0 aromatic heterocycles. The summed E-state index contributed by atoms with van der Waals surface area (Å²) in [5.74, 6) is 1.06. The first-order valence-electron chi connectivity index (χ1n) is 9.04. The molecule has 0 aliphatic heterocycles. The van der Waals surface area contributed by atoms with Crippen molar-refractivity contribution in [2.75, 3.05) is 11.9 Å². The molecule has 158 valence electrons. The molecule has 0 unspecified atom stereocenters. The molecule has 2 aromatic carbocycles. The van der Waals surface area contributed by atoms with E-state index in [9.17, 15) is 18.0 Å². The number of rotatable bonds is 8. The van der Waals surface area contributed by atoms with Gasteiger partial charge in [0.25, 0.3) is 0 Å². The maximum absolute atomic E-state index is 12.6. The van der Waals surface area contributed by atoms with Gasteiger partial charge in [0, 0.05) is 15.7 Å². The van der Waals surface area contributed by atoms with Crippen LogP contribution in [-0.2, 0) is 19.6 Å². The van der Waals surface area contributed by atoms with Crippen LogP contribution >= 0.6 is 15.9 Å². The van der Waals surface area contributed by atoms with Gasteiger partial charge >= 0.3 is 0 Å². The predicted octanol–water partition coefficient (Wildman–Crippen LogP) is 2.49. The van der Waals surface area contributed by atoms with Gasteiger partial charge in [-0.15, -0.1) is 6.42 Å². The van der Waals surface area contributed by atoms with E-state index in [0.29, 0.717) is 11.3 Å². The fraction of sp³-hybridized carbons (Fsp3) is 0.238. The zero-order valence-corrected chi connectivity index (χ0v) is 18.9. The van der Waals surface area contributed by atoms with E-state index in [2.05, 4.69) is 37.2 Å². The van der Waals surface area contributed by atoms with Crippen LogP contribution in [0.1, 0.15) is 19.4 Å². The standard InChI is InChI=1S/C21H22BrN3O4S/c1-4-15-6-5-7-17(12-15)24-19(26)13-23-21(27)20(14(2)3)25-30(28,29)18-10-8-16(22)9-11-18/h1,5-12,14,20,25H,13H2,2-3H3,(H,23,27)(H,24,26)/t20-/m0/s1. The van der Waals surface area contributed by atoms with Gasteiger partial charge in [0.1, 0.15) is 6.04 Å². The number of nitrogens with one attached hydrogen (secondary N) is 3. The van der Waals surface area contributed by atoms with Crippen molar-refractivity contribution in [1.82, 2.24) is 10.0 Å². The number of amides is 2. The van der Waals surface area contributed by atoms with Gasteiger partial charge in [-0.2, -0.15) is 4.72 Å². The molecular formula is C21H22BrN3O4S. The minimum atomic E-state index is -3.91. The molecule has 2 amide bonds. The Bertz CT molecular complexity index is 1060. The number of carbonyl (C=O) groups is 2. The Labute approximate surface area is 184 Å². The van der Waals surface area contributed by atoms with E-state index in [0.717, 1.165) is 4.47 Å². The molecular weight excluding hydrogens is 470 g/mol. The number of sulfonamides is 1. The Morgan fingerprint density at radius 1 is 1.13 bits per heavy atom. The molecule has 0 saturated carbocycles. The molecule has 9 heteroatoms. The van der Waals surface area contributed by atoms with Crippen LogP contribution in [0, 0.1) is 18.3 Å². The molecule has 2 rings (SSSR count). The van der Waals surface area contributed by atoms with Crippen LogP contribution < -0.4 is 15.4 Å². The van der Waals surface area contributed by atoms with Gasteiger partial charge in [0.2, 0.25) is 21.8 Å². The van der Waals surface area contributed by atoms with Gasteiger partial charge in [0.05, 0.1) is 11.4 Å². The van der Waals surface area contributed by atoms with E-state index in [1.165, 1.54) is 12.1 Å². The summed E-state index contributed by atoms with van der Waals surface area (Å²) in [6.45, 7) is 3.10. The van der Waals surface area contributed by atoms with Gasteiger partial charge in [-0.1, -0.05) is 41.8 Å². The average Bonchev–Trinajstić information content (AvgIpc) is 2.70. The average molecular weight is 492 g/mol. The molecule has 0 radical (unpaired) electrons. The predicted molar refractivity (Wildman–Crippen MR) is 119 cm³/mol. The fourth-order valence-electron chi connectivity index (χ4n) is 2.51. The van der Waals surface area contributed by atoms with Crippen molar-refractivity contribution in [1.29, 1.82) is 0 Å². The number of hydrogen-bond donors (Lipinski definition) is 3. The summed E-state index contributed by atoms with van der Waals surface area (Å²) in [5.41, 5.74) is 1.11. The lowest BCUT2D eigenvalue weighted by molar-refractivity contribution is -0.126. The van der Waals surface area contributed by atoms with Crippen LogP contribution in [0.25, 0.3) is 0 Å². The van der Waals surface area contributed by atoms with E-state index in [-0.39, 0.29) is 17.4 Å². The maximum Gasteiger partial charge on any atom is 0.243 e. The first-order chi connectivity index (χ1) is 14.1. The van der Waals surface area contributed by atoms with Gasteiger partial charge in [-0.3, -0.25) is 9.59 Å². The van der Waals surface area contributed by atoms with Crippen LogP contribution in [-0.4, -0.2) is 32.8 Å². The second-order valence-corrected chi connectivity index (χ2v) is 9.42. The van der Waals surface area contributed by atoms with Crippen LogP contribution in [0.4, 0.5) is 5.69 Å². The largest absolute Gasteiger partial charge is 0.346 e. The van der Waals surface area contributed by atoms with Crippen molar-refractivity contribution in [3.05, 3.63) is 58.6 Å². The Balaban J connectivity index is 2.00. The van der Waals surface area contributed by atoms with Gasteiger partial charge in [-0.25, -0.2) is 8.42 Å². The number of carbonyl (C=O) groups excluding carboxylic acids is 2. The number of hydrogen-bond acceptors (Lipinski definition) is 4. The molecule has 0 spiro atoms. The Hall–Kier alpha value is -2.67. The van der Waals surface area contributed by atoms with Crippen LogP contribution in [0.3, 0.4) is 0 Å². The van der Waals surface area contributed by atoms with Crippen LogP contribution in [0.5, 0.6) is 0 Å². The maximum atomic E-state index is 12.6. The summed E-state index contributed by atoms with van der Waals surface area (Å²) >= 11 is 3.25. The highest BCUT2D eigenvalue weighted by molar-refractivity contribution is 9.10.